The van der Waals surface area contributed by atoms with Crippen LogP contribution < -0.4 is 15.5 Å². The van der Waals surface area contributed by atoms with Gasteiger partial charge in [0.1, 0.15) is 6.54 Å². The molecule has 1 atom stereocenters. The third-order valence-electron chi connectivity index (χ3n) is 5.01. The maximum Gasteiger partial charge on any atom is 0.279 e. The Balaban J connectivity index is 1.50. The van der Waals surface area contributed by atoms with Gasteiger partial charge in [-0.25, -0.2) is 0 Å². The molecule has 0 radical (unpaired) electrons. The number of hydrogen-bond acceptors (Lipinski definition) is 1. The second kappa shape index (κ2) is 8.28. The van der Waals surface area contributed by atoms with Gasteiger partial charge in [0.15, 0.2) is 12.6 Å². The highest BCUT2D eigenvalue weighted by atomic mass is 16.1. The van der Waals surface area contributed by atoms with Gasteiger partial charge in [-0.3, -0.25) is 4.79 Å². The van der Waals surface area contributed by atoms with E-state index in [4.69, 9.17) is 0 Å². The molecule has 25 heavy (non-hydrogen) atoms. The van der Waals surface area contributed by atoms with E-state index in [9.17, 15) is 4.79 Å². The van der Waals surface area contributed by atoms with Crippen LogP contribution in [0.1, 0.15) is 29.2 Å². The van der Waals surface area contributed by atoms with Crippen molar-refractivity contribution >= 4 is 11.6 Å². The van der Waals surface area contributed by atoms with Crippen LogP contribution in [0, 0.1) is 0 Å². The number of quaternary nitrogens is 2. The summed E-state index contributed by atoms with van der Waals surface area (Å²) < 4.78 is 0. The van der Waals surface area contributed by atoms with Gasteiger partial charge in [-0.2, -0.15) is 0 Å². The quantitative estimate of drug-likeness (QED) is 0.678. The first-order chi connectivity index (χ1) is 12.1. The fourth-order valence-electron chi connectivity index (χ4n) is 3.63. The number of carbonyl (C=O) groups is 1. The third-order valence-corrected chi connectivity index (χ3v) is 5.01. The Morgan fingerprint density at radius 1 is 1.12 bits per heavy atom. The van der Waals surface area contributed by atoms with Gasteiger partial charge in [-0.15, -0.1) is 0 Å². The van der Waals surface area contributed by atoms with Crippen LogP contribution in [0.15, 0.2) is 48.5 Å². The van der Waals surface area contributed by atoms with Gasteiger partial charge in [-0.1, -0.05) is 36.4 Å². The second-order valence-corrected chi connectivity index (χ2v) is 7.15. The number of aryl methyl sites for hydroxylation is 2. The van der Waals surface area contributed by atoms with Crippen molar-refractivity contribution in [2.24, 2.45) is 0 Å². The van der Waals surface area contributed by atoms with E-state index in [2.05, 4.69) is 61.1 Å². The summed E-state index contributed by atoms with van der Waals surface area (Å²) in [6.07, 6.45) is 3.54. The number of carbonyl (C=O) groups excluding carboxylic acids is 1. The van der Waals surface area contributed by atoms with Crippen LogP contribution in [0.25, 0.3) is 0 Å². The van der Waals surface area contributed by atoms with Crippen LogP contribution in [0.5, 0.6) is 0 Å². The van der Waals surface area contributed by atoms with Crippen molar-refractivity contribution in [1.82, 2.24) is 0 Å². The summed E-state index contributed by atoms with van der Waals surface area (Å²) >= 11 is 0. The summed E-state index contributed by atoms with van der Waals surface area (Å²) in [6.45, 7) is 1.34. The highest BCUT2D eigenvalue weighted by molar-refractivity contribution is 5.91. The van der Waals surface area contributed by atoms with E-state index in [0.717, 1.165) is 18.7 Å². The number of nitrogens with one attached hydrogen (secondary N) is 2. The Morgan fingerprint density at radius 2 is 1.88 bits per heavy atom. The van der Waals surface area contributed by atoms with Crippen molar-refractivity contribution in [1.29, 1.82) is 0 Å². The van der Waals surface area contributed by atoms with Crippen molar-refractivity contribution in [3.8, 4) is 0 Å². The standard InChI is InChI=1S/C21H27N3O/c1-24(2)20(17-7-4-3-5-8-17)14-22-15-21(25)23-19-12-11-16-9-6-10-18(16)13-19/h3-5,7-8,11-13,20,22H,6,9-10,14-15H2,1-2H3,(H,23,25)/p+2/t20-/m1/s1. The molecule has 0 fully saturated rings. The van der Waals surface area contributed by atoms with Gasteiger partial charge in [0.2, 0.25) is 0 Å². The molecule has 2 aromatic rings. The van der Waals surface area contributed by atoms with Gasteiger partial charge < -0.3 is 15.5 Å². The Morgan fingerprint density at radius 3 is 2.64 bits per heavy atom. The van der Waals surface area contributed by atoms with Crippen LogP contribution >= 0.6 is 0 Å². The van der Waals surface area contributed by atoms with Crippen LogP contribution in [-0.4, -0.2) is 33.1 Å². The summed E-state index contributed by atoms with van der Waals surface area (Å²) in [4.78, 5) is 13.6. The topological polar surface area (TPSA) is 50.2 Å². The van der Waals surface area contributed by atoms with Crippen molar-refractivity contribution in [2.45, 2.75) is 25.3 Å². The van der Waals surface area contributed by atoms with Crippen LogP contribution in [0.4, 0.5) is 5.69 Å². The minimum atomic E-state index is 0.0681. The first-order valence-electron chi connectivity index (χ1n) is 9.22. The smallest absolute Gasteiger partial charge is 0.279 e. The van der Waals surface area contributed by atoms with Gasteiger partial charge in [0, 0.05) is 11.3 Å². The van der Waals surface area contributed by atoms with Gasteiger partial charge in [0.05, 0.1) is 14.1 Å². The van der Waals surface area contributed by atoms with E-state index in [1.165, 1.54) is 34.4 Å². The lowest BCUT2D eigenvalue weighted by atomic mass is 10.1. The highest BCUT2D eigenvalue weighted by Crippen LogP contribution is 2.24. The molecule has 2 aromatic carbocycles. The first-order valence-corrected chi connectivity index (χ1v) is 9.22. The lowest BCUT2D eigenvalue weighted by Crippen LogP contribution is -3.09. The van der Waals surface area contributed by atoms with Crippen LogP contribution in [0.2, 0.25) is 0 Å². The fraction of sp³-hybridized carbons (Fsp3) is 0.381. The minimum absolute atomic E-state index is 0.0681. The molecular formula is C21H29N3O+2. The Labute approximate surface area is 150 Å². The Bertz CT molecular complexity index is 712. The molecule has 0 aliphatic heterocycles. The van der Waals surface area contributed by atoms with E-state index in [1.807, 2.05) is 12.1 Å². The summed E-state index contributed by atoms with van der Waals surface area (Å²) in [6, 6.07) is 17.2. The molecule has 3 rings (SSSR count). The molecule has 4 nitrogen and oxygen atoms in total. The molecule has 1 aliphatic rings. The average Bonchev–Trinajstić information content (AvgIpc) is 3.07. The first kappa shape index (κ1) is 17.6. The maximum absolute atomic E-state index is 12.3. The zero-order valence-corrected chi connectivity index (χ0v) is 15.2. The van der Waals surface area contributed by atoms with Crippen molar-refractivity contribution in [3.63, 3.8) is 0 Å². The number of fused-ring (bicyclic) bond motifs is 1. The lowest BCUT2D eigenvalue weighted by molar-refractivity contribution is -0.908. The van der Waals surface area contributed by atoms with Crippen molar-refractivity contribution < 1.29 is 15.0 Å². The molecule has 0 saturated heterocycles. The predicted octanol–water partition coefficient (Wildman–Crippen LogP) is 0.563. The molecule has 4 heteroatoms. The highest BCUT2D eigenvalue weighted by Gasteiger charge is 2.20. The number of rotatable bonds is 7. The summed E-state index contributed by atoms with van der Waals surface area (Å²) in [5, 5.41) is 5.14. The van der Waals surface area contributed by atoms with Crippen molar-refractivity contribution in [3.05, 3.63) is 65.2 Å². The number of hydrogen-bond donors (Lipinski definition) is 3. The summed E-state index contributed by atoms with van der Waals surface area (Å²) in [5.41, 5.74) is 5.07. The SMILES string of the molecule is C[NH+](C)[C@H](C[NH2+]CC(=O)Nc1ccc2c(c1)CCC2)c1ccccc1. The normalized spacial score (nSPS) is 14.4. The molecule has 0 aromatic heterocycles. The summed E-state index contributed by atoms with van der Waals surface area (Å²) in [5.74, 6) is 0.0681. The predicted molar refractivity (Wildman–Crippen MR) is 101 cm³/mol. The van der Waals surface area contributed by atoms with E-state index < -0.39 is 0 Å². The molecule has 0 saturated carbocycles. The van der Waals surface area contributed by atoms with Gasteiger partial charge in [-0.05, 0) is 42.5 Å². The largest absolute Gasteiger partial charge is 0.333 e. The van der Waals surface area contributed by atoms with Gasteiger partial charge >= 0.3 is 0 Å². The van der Waals surface area contributed by atoms with Crippen molar-refractivity contribution in [2.75, 3.05) is 32.5 Å². The Hall–Kier alpha value is -2.17. The Kier molecular flexibility index (Phi) is 5.84. The van der Waals surface area contributed by atoms with E-state index in [1.54, 1.807) is 0 Å². The lowest BCUT2D eigenvalue weighted by Gasteiger charge is -2.20. The molecule has 0 unspecified atom stereocenters. The molecule has 132 valence electrons. The summed E-state index contributed by atoms with van der Waals surface area (Å²) in [7, 11) is 4.33. The monoisotopic (exact) mass is 339 g/mol. The zero-order valence-electron chi connectivity index (χ0n) is 15.2. The number of benzene rings is 2. The molecule has 0 bridgehead atoms. The second-order valence-electron chi connectivity index (χ2n) is 7.15. The number of likely N-dealkylation sites (N-methyl/N-ethyl adjacent to an activating group) is 1. The average molecular weight is 339 g/mol. The molecular weight excluding hydrogens is 310 g/mol. The maximum atomic E-state index is 12.3. The molecule has 0 heterocycles. The fourth-order valence-corrected chi connectivity index (χ4v) is 3.63. The van der Waals surface area contributed by atoms with E-state index in [0.29, 0.717) is 12.6 Å². The zero-order chi connectivity index (χ0) is 17.6. The minimum Gasteiger partial charge on any atom is -0.333 e. The molecule has 0 spiro atoms. The molecule has 1 aliphatic carbocycles. The number of amides is 1. The van der Waals surface area contributed by atoms with Crippen LogP contribution in [0.3, 0.4) is 0 Å². The van der Waals surface area contributed by atoms with Gasteiger partial charge in [0.25, 0.3) is 5.91 Å². The molecule has 1 amide bonds. The molecule has 4 N–H and O–H groups in total. The number of nitrogens with two attached hydrogens (primary N) is 1. The number of anilines is 1. The third kappa shape index (κ3) is 4.68. The van der Waals surface area contributed by atoms with E-state index in [-0.39, 0.29) is 5.91 Å². The van der Waals surface area contributed by atoms with E-state index >= 15 is 0 Å². The van der Waals surface area contributed by atoms with Crippen LogP contribution in [-0.2, 0) is 17.6 Å².